The van der Waals surface area contributed by atoms with Gasteiger partial charge in [0.2, 0.25) is 0 Å². The highest BCUT2D eigenvalue weighted by Gasteiger charge is 2.57. The Labute approximate surface area is 223 Å². The zero-order chi connectivity index (χ0) is 25.7. The maximum absolute atomic E-state index is 6.08. The van der Waals surface area contributed by atoms with E-state index in [0.717, 1.165) is 83.8 Å². The summed E-state index contributed by atoms with van der Waals surface area (Å²) in [7, 11) is 3.51. The van der Waals surface area contributed by atoms with Crippen molar-refractivity contribution in [3.63, 3.8) is 0 Å². The molecule has 0 amide bonds. The number of hydrogen-bond acceptors (Lipinski definition) is 8. The zero-order valence-electron chi connectivity index (χ0n) is 23.3. The van der Waals surface area contributed by atoms with Crippen LogP contribution in [0.25, 0.3) is 0 Å². The van der Waals surface area contributed by atoms with Crippen LogP contribution in [0, 0.1) is 5.92 Å². The van der Waals surface area contributed by atoms with Crippen LogP contribution in [0.1, 0.15) is 103 Å². The third kappa shape index (κ3) is 7.07. The van der Waals surface area contributed by atoms with Gasteiger partial charge < -0.3 is 37.9 Å². The van der Waals surface area contributed by atoms with E-state index in [4.69, 9.17) is 37.9 Å². The first kappa shape index (κ1) is 28.2. The van der Waals surface area contributed by atoms with Crippen molar-refractivity contribution in [2.75, 3.05) is 27.4 Å². The second-order valence-electron chi connectivity index (χ2n) is 12.0. The van der Waals surface area contributed by atoms with Crippen LogP contribution in [0.2, 0.25) is 0 Å². The van der Waals surface area contributed by atoms with E-state index in [1.807, 2.05) is 0 Å². The van der Waals surface area contributed by atoms with E-state index in [2.05, 4.69) is 6.92 Å². The molecule has 0 aromatic rings. The van der Waals surface area contributed by atoms with E-state index in [-0.39, 0.29) is 0 Å². The summed E-state index contributed by atoms with van der Waals surface area (Å²) in [6.07, 6.45) is 18.7. The average Bonchev–Trinajstić information content (AvgIpc) is 2.85. The van der Waals surface area contributed by atoms with Crippen LogP contribution in [-0.4, -0.2) is 76.0 Å². The number of ether oxygens (including phenoxy) is 8. The molecule has 214 valence electrons. The Bertz CT molecular complexity index is 629. The van der Waals surface area contributed by atoms with Gasteiger partial charge in [0.1, 0.15) is 0 Å². The Kier molecular flexibility index (Phi) is 9.84. The van der Waals surface area contributed by atoms with Gasteiger partial charge in [0.25, 0.3) is 11.9 Å². The Morgan fingerprint density at radius 3 is 1.43 bits per heavy atom. The normalized spacial score (nSPS) is 41.6. The molecule has 0 spiro atoms. The molecule has 8 fully saturated rings. The molecular formula is C29H50O8. The van der Waals surface area contributed by atoms with Gasteiger partial charge in [0.05, 0.1) is 36.6 Å². The van der Waals surface area contributed by atoms with Crippen molar-refractivity contribution >= 4 is 0 Å². The van der Waals surface area contributed by atoms with Crippen molar-refractivity contribution in [1.82, 2.24) is 0 Å². The first-order valence-electron chi connectivity index (χ1n) is 15.1. The lowest BCUT2D eigenvalue weighted by molar-refractivity contribution is -0.509. The molecule has 0 aromatic heterocycles. The fraction of sp³-hybridized carbons (Fsp3) is 1.00. The third-order valence-electron chi connectivity index (χ3n) is 8.86. The van der Waals surface area contributed by atoms with Crippen molar-refractivity contribution in [3.8, 4) is 0 Å². The SMILES string of the molecule is COCCCCCC(C)C12OC3CC(CC(C3)O1)O2.COCCCCCCC12OC3CC(CC(C3)O1)O2. The number of methoxy groups -OCH3 is 2. The average molecular weight is 527 g/mol. The fourth-order valence-corrected chi connectivity index (χ4v) is 7.06. The molecule has 0 N–H and O–H groups in total. The van der Waals surface area contributed by atoms with E-state index in [1.165, 1.54) is 25.7 Å². The van der Waals surface area contributed by atoms with Gasteiger partial charge in [-0.15, -0.1) is 0 Å². The molecule has 8 nitrogen and oxygen atoms in total. The van der Waals surface area contributed by atoms with Gasteiger partial charge in [-0.3, -0.25) is 0 Å². The second kappa shape index (κ2) is 12.9. The van der Waals surface area contributed by atoms with Gasteiger partial charge in [-0.1, -0.05) is 32.6 Å². The summed E-state index contributed by atoms with van der Waals surface area (Å²) in [6.45, 7) is 3.92. The van der Waals surface area contributed by atoms with E-state index >= 15 is 0 Å². The fourth-order valence-electron chi connectivity index (χ4n) is 7.06. The van der Waals surface area contributed by atoms with Gasteiger partial charge in [-0.2, -0.15) is 0 Å². The van der Waals surface area contributed by atoms with Crippen LogP contribution in [0.3, 0.4) is 0 Å². The van der Waals surface area contributed by atoms with Crippen molar-refractivity contribution < 1.29 is 37.9 Å². The van der Waals surface area contributed by atoms with Crippen molar-refractivity contribution in [2.24, 2.45) is 5.92 Å². The molecule has 6 saturated heterocycles. The summed E-state index contributed by atoms with van der Waals surface area (Å²) in [5, 5.41) is 0. The van der Waals surface area contributed by atoms with E-state index in [1.54, 1.807) is 14.2 Å². The first-order chi connectivity index (χ1) is 18.0. The molecule has 8 bridgehead atoms. The summed E-state index contributed by atoms with van der Waals surface area (Å²) >= 11 is 0. The maximum atomic E-state index is 6.08. The largest absolute Gasteiger partial charge is 0.385 e. The molecule has 1 unspecified atom stereocenters. The minimum atomic E-state index is -0.726. The van der Waals surface area contributed by atoms with Gasteiger partial charge in [-0.25, -0.2) is 0 Å². The Hall–Kier alpha value is -0.320. The lowest BCUT2D eigenvalue weighted by atomic mass is 9.87. The minimum absolute atomic E-state index is 0.309. The summed E-state index contributed by atoms with van der Waals surface area (Å²) in [5.74, 6) is -1.10. The summed E-state index contributed by atoms with van der Waals surface area (Å²) in [6, 6.07) is 0. The summed E-state index contributed by atoms with van der Waals surface area (Å²) in [5.41, 5.74) is 0. The van der Waals surface area contributed by atoms with Gasteiger partial charge in [0.15, 0.2) is 0 Å². The van der Waals surface area contributed by atoms with Crippen LogP contribution in [0.5, 0.6) is 0 Å². The number of hydrogen-bond donors (Lipinski definition) is 0. The molecule has 37 heavy (non-hydrogen) atoms. The Morgan fingerprint density at radius 1 is 0.568 bits per heavy atom. The Morgan fingerprint density at radius 2 is 0.973 bits per heavy atom. The second-order valence-corrected chi connectivity index (χ2v) is 12.0. The number of rotatable bonds is 14. The third-order valence-corrected chi connectivity index (χ3v) is 8.86. The van der Waals surface area contributed by atoms with Crippen LogP contribution in [0.15, 0.2) is 0 Å². The highest BCUT2D eigenvalue weighted by molar-refractivity contribution is 4.93. The molecule has 6 heterocycles. The van der Waals surface area contributed by atoms with E-state index < -0.39 is 11.9 Å². The zero-order valence-corrected chi connectivity index (χ0v) is 23.3. The van der Waals surface area contributed by atoms with E-state index in [0.29, 0.717) is 42.5 Å². The van der Waals surface area contributed by atoms with Gasteiger partial charge >= 0.3 is 0 Å². The van der Waals surface area contributed by atoms with Crippen LogP contribution in [-0.2, 0) is 37.9 Å². The maximum Gasteiger partial charge on any atom is 0.286 e. The van der Waals surface area contributed by atoms with Crippen molar-refractivity contribution in [1.29, 1.82) is 0 Å². The lowest BCUT2D eigenvalue weighted by Gasteiger charge is -2.57. The topological polar surface area (TPSA) is 73.8 Å². The molecule has 0 radical (unpaired) electrons. The quantitative estimate of drug-likeness (QED) is 0.277. The molecular weight excluding hydrogens is 476 g/mol. The standard InChI is InChI=1S/C15H26O4.C14H24O4/c1-11(6-4-3-5-7-16-2)15-17-12-8-13(18-15)10-14(9-12)19-15;1-15-7-5-3-2-4-6-14-16-11-8-12(17-14)10-13(9-11)18-14/h11-14H,3-10H2,1-2H3;11-13H,2-10H2,1H3. The van der Waals surface area contributed by atoms with Crippen LogP contribution in [0.4, 0.5) is 0 Å². The van der Waals surface area contributed by atoms with Gasteiger partial charge in [-0.05, 0) is 25.7 Å². The number of unbranched alkanes of at least 4 members (excludes halogenated alkanes) is 5. The molecule has 6 aliphatic heterocycles. The Balaban J connectivity index is 0.000000152. The molecule has 2 aliphatic carbocycles. The minimum Gasteiger partial charge on any atom is -0.385 e. The van der Waals surface area contributed by atoms with E-state index in [9.17, 15) is 0 Å². The monoisotopic (exact) mass is 526 g/mol. The molecule has 0 aromatic carbocycles. The van der Waals surface area contributed by atoms with Crippen LogP contribution >= 0.6 is 0 Å². The van der Waals surface area contributed by atoms with Crippen molar-refractivity contribution in [3.05, 3.63) is 0 Å². The highest BCUT2D eigenvalue weighted by Crippen LogP contribution is 2.49. The molecule has 1 atom stereocenters. The van der Waals surface area contributed by atoms with Crippen molar-refractivity contribution in [2.45, 2.75) is 152 Å². The predicted molar refractivity (Wildman–Crippen MR) is 137 cm³/mol. The van der Waals surface area contributed by atoms with Gasteiger partial charge in [0, 0.05) is 78.3 Å². The van der Waals surface area contributed by atoms with Crippen LogP contribution < -0.4 is 0 Å². The summed E-state index contributed by atoms with van der Waals surface area (Å²) < 4.78 is 46.3. The molecule has 8 aliphatic rings. The first-order valence-corrected chi connectivity index (χ1v) is 15.1. The molecule has 8 rings (SSSR count). The smallest absolute Gasteiger partial charge is 0.286 e. The highest BCUT2D eigenvalue weighted by atomic mass is 16.9. The molecule has 2 saturated carbocycles. The molecule has 8 heteroatoms. The lowest BCUT2D eigenvalue weighted by Crippen LogP contribution is -2.64. The predicted octanol–water partition coefficient (Wildman–Crippen LogP) is 5.45. The summed E-state index contributed by atoms with van der Waals surface area (Å²) in [4.78, 5) is 0.